The van der Waals surface area contributed by atoms with Gasteiger partial charge in [-0.2, -0.15) is 4.31 Å². The van der Waals surface area contributed by atoms with Gasteiger partial charge in [0.2, 0.25) is 21.8 Å². The summed E-state index contributed by atoms with van der Waals surface area (Å²) in [5.74, 6) is -1.50. The quantitative estimate of drug-likeness (QED) is 0.755. The zero-order valence-corrected chi connectivity index (χ0v) is 17.5. The first kappa shape index (κ1) is 21.4. The number of nitrogens with zero attached hydrogens (tertiary/aromatic N) is 2. The average molecular weight is 447 g/mol. The van der Waals surface area contributed by atoms with Gasteiger partial charge in [-0.25, -0.2) is 12.8 Å². The molecular formula is C21H22FN3O5S. The number of halogens is 1. The molecule has 31 heavy (non-hydrogen) atoms. The monoisotopic (exact) mass is 447 g/mol. The van der Waals surface area contributed by atoms with Crippen molar-refractivity contribution >= 4 is 33.2 Å². The van der Waals surface area contributed by atoms with E-state index in [-0.39, 0.29) is 29.7 Å². The second-order valence-corrected chi connectivity index (χ2v) is 9.35. The van der Waals surface area contributed by atoms with Crippen LogP contribution in [0.4, 0.5) is 15.8 Å². The number of hydrogen-bond donors (Lipinski definition) is 1. The maximum absolute atomic E-state index is 13.1. The molecule has 0 aliphatic carbocycles. The highest BCUT2D eigenvalue weighted by atomic mass is 32.2. The molecule has 0 unspecified atom stereocenters. The third kappa shape index (κ3) is 4.60. The van der Waals surface area contributed by atoms with Crippen LogP contribution in [0.1, 0.15) is 6.42 Å². The Bertz CT molecular complexity index is 1070. The minimum atomic E-state index is -3.61. The second-order valence-electron chi connectivity index (χ2n) is 7.41. The van der Waals surface area contributed by atoms with Gasteiger partial charge < -0.3 is 15.0 Å². The van der Waals surface area contributed by atoms with Crippen LogP contribution in [0.3, 0.4) is 0 Å². The standard InChI is InChI=1S/C21H22FN3O5S/c22-16-1-5-18(6-2-16)25-14-15(13-20(25)26)21(27)23-17-3-7-19(8-4-17)31(28,29)24-9-11-30-12-10-24/h1-8,15H,9-14H2,(H,23,27)/t15-/m1/s1. The molecule has 164 valence electrons. The number of morpholine rings is 1. The van der Waals surface area contributed by atoms with Gasteiger partial charge >= 0.3 is 0 Å². The Morgan fingerprint density at radius 3 is 2.32 bits per heavy atom. The maximum atomic E-state index is 13.1. The van der Waals surface area contributed by atoms with Crippen molar-refractivity contribution in [3.63, 3.8) is 0 Å². The molecule has 2 aliphatic heterocycles. The lowest BCUT2D eigenvalue weighted by molar-refractivity contribution is -0.122. The lowest BCUT2D eigenvalue weighted by Crippen LogP contribution is -2.40. The van der Waals surface area contributed by atoms with Gasteiger partial charge in [-0.05, 0) is 48.5 Å². The molecule has 1 N–H and O–H groups in total. The molecule has 2 amide bonds. The van der Waals surface area contributed by atoms with Crippen molar-refractivity contribution in [3.05, 3.63) is 54.3 Å². The van der Waals surface area contributed by atoms with Crippen LogP contribution in [-0.2, 0) is 24.3 Å². The number of sulfonamides is 1. The van der Waals surface area contributed by atoms with Gasteiger partial charge in [-0.1, -0.05) is 0 Å². The topological polar surface area (TPSA) is 96.0 Å². The van der Waals surface area contributed by atoms with Crippen LogP contribution in [0, 0.1) is 11.7 Å². The smallest absolute Gasteiger partial charge is 0.243 e. The summed E-state index contributed by atoms with van der Waals surface area (Å²) in [6.07, 6.45) is 0.0483. The van der Waals surface area contributed by atoms with Gasteiger partial charge in [0.25, 0.3) is 0 Å². The van der Waals surface area contributed by atoms with Crippen LogP contribution >= 0.6 is 0 Å². The molecule has 2 heterocycles. The molecule has 0 bridgehead atoms. The zero-order chi connectivity index (χ0) is 22.0. The molecular weight excluding hydrogens is 425 g/mol. The molecule has 0 saturated carbocycles. The number of hydrogen-bond acceptors (Lipinski definition) is 5. The molecule has 4 rings (SSSR count). The summed E-state index contributed by atoms with van der Waals surface area (Å²) in [4.78, 5) is 26.5. The number of nitrogens with one attached hydrogen (secondary N) is 1. The van der Waals surface area contributed by atoms with E-state index in [0.717, 1.165) is 0 Å². The predicted molar refractivity (Wildman–Crippen MR) is 112 cm³/mol. The molecule has 2 aromatic carbocycles. The molecule has 2 fully saturated rings. The maximum Gasteiger partial charge on any atom is 0.243 e. The number of rotatable bonds is 5. The minimum absolute atomic E-state index is 0.0483. The van der Waals surface area contributed by atoms with Gasteiger partial charge in [-0.15, -0.1) is 0 Å². The molecule has 0 spiro atoms. The fourth-order valence-electron chi connectivity index (χ4n) is 3.64. The number of carbonyl (C=O) groups excluding carboxylic acids is 2. The Kier molecular flexibility index (Phi) is 6.03. The van der Waals surface area contributed by atoms with Gasteiger partial charge in [0, 0.05) is 37.4 Å². The Morgan fingerprint density at radius 1 is 1.03 bits per heavy atom. The van der Waals surface area contributed by atoms with Crippen LogP contribution in [0.2, 0.25) is 0 Å². The summed E-state index contributed by atoms with van der Waals surface area (Å²) in [6.45, 7) is 1.53. The first-order valence-corrected chi connectivity index (χ1v) is 11.3. The summed E-state index contributed by atoms with van der Waals surface area (Å²) in [5.41, 5.74) is 0.984. The van der Waals surface area contributed by atoms with Crippen molar-refractivity contribution < 1.29 is 27.1 Å². The van der Waals surface area contributed by atoms with Crippen molar-refractivity contribution in [3.8, 4) is 0 Å². The highest BCUT2D eigenvalue weighted by Crippen LogP contribution is 2.27. The Labute approximate surface area is 179 Å². The van der Waals surface area contributed by atoms with E-state index in [9.17, 15) is 22.4 Å². The van der Waals surface area contributed by atoms with E-state index in [1.165, 1.54) is 57.7 Å². The lowest BCUT2D eigenvalue weighted by Gasteiger charge is -2.26. The summed E-state index contributed by atoms with van der Waals surface area (Å²) in [6, 6.07) is 11.5. The van der Waals surface area contributed by atoms with E-state index >= 15 is 0 Å². The van der Waals surface area contributed by atoms with E-state index in [2.05, 4.69) is 5.32 Å². The number of anilines is 2. The molecule has 0 aromatic heterocycles. The number of amides is 2. The van der Waals surface area contributed by atoms with Crippen molar-refractivity contribution in [1.82, 2.24) is 4.31 Å². The highest BCUT2D eigenvalue weighted by Gasteiger charge is 2.35. The summed E-state index contributed by atoms with van der Waals surface area (Å²) >= 11 is 0. The molecule has 10 heteroatoms. The number of benzene rings is 2. The van der Waals surface area contributed by atoms with Crippen molar-refractivity contribution in [1.29, 1.82) is 0 Å². The van der Waals surface area contributed by atoms with Crippen molar-refractivity contribution in [2.45, 2.75) is 11.3 Å². The predicted octanol–water partition coefficient (Wildman–Crippen LogP) is 1.84. The first-order chi connectivity index (χ1) is 14.8. The number of ether oxygens (including phenoxy) is 1. The Balaban J connectivity index is 1.40. The average Bonchev–Trinajstić information content (AvgIpc) is 3.17. The molecule has 2 aromatic rings. The van der Waals surface area contributed by atoms with Gasteiger partial charge in [0.1, 0.15) is 5.82 Å². The van der Waals surface area contributed by atoms with Crippen LogP contribution in [0.5, 0.6) is 0 Å². The van der Waals surface area contributed by atoms with Crippen LogP contribution < -0.4 is 10.2 Å². The van der Waals surface area contributed by atoms with E-state index in [1.54, 1.807) is 0 Å². The van der Waals surface area contributed by atoms with E-state index in [1.807, 2.05) is 0 Å². The fourth-order valence-corrected chi connectivity index (χ4v) is 5.05. The molecule has 1 atom stereocenters. The molecule has 8 nitrogen and oxygen atoms in total. The zero-order valence-electron chi connectivity index (χ0n) is 16.7. The van der Waals surface area contributed by atoms with Gasteiger partial charge in [0.15, 0.2) is 0 Å². The van der Waals surface area contributed by atoms with Crippen LogP contribution in [0.25, 0.3) is 0 Å². The Hall–Kier alpha value is -2.82. The highest BCUT2D eigenvalue weighted by molar-refractivity contribution is 7.89. The third-order valence-corrected chi connectivity index (χ3v) is 7.28. The third-order valence-electron chi connectivity index (χ3n) is 5.36. The summed E-state index contributed by atoms with van der Waals surface area (Å²) in [7, 11) is -3.61. The summed E-state index contributed by atoms with van der Waals surface area (Å²) in [5, 5.41) is 2.74. The molecule has 2 aliphatic rings. The van der Waals surface area contributed by atoms with Gasteiger partial charge in [-0.3, -0.25) is 9.59 Å². The summed E-state index contributed by atoms with van der Waals surface area (Å²) < 4.78 is 45.0. The first-order valence-electron chi connectivity index (χ1n) is 9.89. The van der Waals surface area contributed by atoms with E-state index < -0.39 is 21.8 Å². The largest absolute Gasteiger partial charge is 0.379 e. The van der Waals surface area contributed by atoms with Crippen LogP contribution in [0.15, 0.2) is 53.4 Å². The lowest BCUT2D eigenvalue weighted by atomic mass is 10.1. The van der Waals surface area contributed by atoms with Gasteiger partial charge in [0.05, 0.1) is 24.0 Å². The van der Waals surface area contributed by atoms with Crippen LogP contribution in [-0.4, -0.2) is 57.4 Å². The normalized spacial score (nSPS) is 20.1. The SMILES string of the molecule is O=C(Nc1ccc(S(=O)(=O)N2CCOCC2)cc1)[C@@H]1CC(=O)N(c2ccc(F)cc2)C1. The van der Waals surface area contributed by atoms with Crippen molar-refractivity contribution in [2.75, 3.05) is 43.1 Å². The second kappa shape index (κ2) is 8.74. The molecule has 2 saturated heterocycles. The minimum Gasteiger partial charge on any atom is -0.379 e. The van der Waals surface area contributed by atoms with E-state index in [0.29, 0.717) is 37.7 Å². The Morgan fingerprint density at radius 2 is 1.68 bits per heavy atom. The van der Waals surface area contributed by atoms with E-state index in [4.69, 9.17) is 4.74 Å². The molecule has 0 radical (unpaired) electrons. The fraction of sp³-hybridized carbons (Fsp3) is 0.333. The van der Waals surface area contributed by atoms with Crippen molar-refractivity contribution in [2.24, 2.45) is 5.92 Å². The number of carbonyl (C=O) groups is 2.